The monoisotopic (exact) mass is 399 g/mol. The van der Waals surface area contributed by atoms with E-state index >= 15 is 0 Å². The van der Waals surface area contributed by atoms with Crippen molar-refractivity contribution in [3.63, 3.8) is 0 Å². The number of hydrogen-bond donors (Lipinski definition) is 0. The van der Waals surface area contributed by atoms with Crippen LogP contribution < -0.4 is 10.5 Å². The summed E-state index contributed by atoms with van der Waals surface area (Å²) >= 11 is 0. The Morgan fingerprint density at radius 1 is 1.07 bits per heavy atom. The van der Waals surface area contributed by atoms with Crippen LogP contribution in [0.4, 0.5) is 5.69 Å². The molecular weight excluding hydrogens is 378 g/mol. The van der Waals surface area contributed by atoms with Gasteiger partial charge < -0.3 is 4.90 Å². The average molecular weight is 399 g/mol. The van der Waals surface area contributed by atoms with Crippen LogP contribution in [-0.2, 0) is 17.8 Å². The van der Waals surface area contributed by atoms with Crippen molar-refractivity contribution < 1.29 is 4.79 Å². The summed E-state index contributed by atoms with van der Waals surface area (Å²) < 4.78 is 1.28. The van der Waals surface area contributed by atoms with E-state index in [1.807, 2.05) is 24.3 Å². The van der Waals surface area contributed by atoms with E-state index in [9.17, 15) is 9.59 Å². The molecule has 0 N–H and O–H groups in total. The van der Waals surface area contributed by atoms with E-state index in [2.05, 4.69) is 21.4 Å². The summed E-state index contributed by atoms with van der Waals surface area (Å²) in [4.78, 5) is 27.2. The van der Waals surface area contributed by atoms with E-state index in [1.54, 1.807) is 23.4 Å². The lowest BCUT2D eigenvalue weighted by atomic mass is 9.99. The van der Waals surface area contributed by atoms with Gasteiger partial charge in [-0.15, -0.1) is 0 Å². The first-order chi connectivity index (χ1) is 14.7. The SMILES string of the molecule is O=C(Cn1nc(C2=CCCC2)ccc1=O)N1CCc2c(-c3ccnnc3)cccc21. The average Bonchev–Trinajstić information content (AvgIpc) is 3.46. The van der Waals surface area contributed by atoms with E-state index in [-0.39, 0.29) is 18.0 Å². The molecule has 0 fully saturated rings. The Bertz CT molecular complexity index is 1200. The minimum atomic E-state index is -0.262. The zero-order valence-corrected chi connectivity index (χ0v) is 16.5. The van der Waals surface area contributed by atoms with Crippen molar-refractivity contribution in [3.8, 4) is 11.1 Å². The molecule has 3 aromatic rings. The van der Waals surface area contributed by atoms with Gasteiger partial charge in [-0.1, -0.05) is 18.2 Å². The lowest BCUT2D eigenvalue weighted by Gasteiger charge is -2.18. The molecule has 1 amide bonds. The van der Waals surface area contributed by atoms with Crippen LogP contribution in [-0.4, -0.2) is 32.4 Å². The van der Waals surface area contributed by atoms with Gasteiger partial charge in [0.25, 0.3) is 5.56 Å². The molecule has 1 aliphatic carbocycles. The van der Waals surface area contributed by atoms with Crippen molar-refractivity contribution in [1.82, 2.24) is 20.0 Å². The van der Waals surface area contributed by atoms with E-state index < -0.39 is 0 Å². The number of amides is 1. The van der Waals surface area contributed by atoms with Gasteiger partial charge in [0.15, 0.2) is 0 Å². The second-order valence-electron chi connectivity index (χ2n) is 7.57. The molecule has 0 bridgehead atoms. The maximum absolute atomic E-state index is 13.1. The van der Waals surface area contributed by atoms with Crippen molar-refractivity contribution in [3.05, 3.63) is 76.5 Å². The van der Waals surface area contributed by atoms with Gasteiger partial charge in [0.2, 0.25) is 5.91 Å². The molecule has 1 aromatic carbocycles. The first-order valence-electron chi connectivity index (χ1n) is 10.2. The fourth-order valence-electron chi connectivity index (χ4n) is 4.26. The minimum Gasteiger partial charge on any atom is -0.310 e. The Morgan fingerprint density at radius 3 is 2.80 bits per heavy atom. The van der Waals surface area contributed by atoms with Gasteiger partial charge in [-0.25, -0.2) is 4.68 Å². The van der Waals surface area contributed by atoms with Gasteiger partial charge in [0, 0.05) is 23.9 Å². The molecule has 150 valence electrons. The standard InChI is InChI=1S/C23H21N5O2/c29-22-9-8-20(16-4-1-2-5-16)26-28(22)15-23(30)27-13-11-19-18(6-3-7-21(19)27)17-10-12-24-25-14-17/h3-4,6-10,12,14H,1-2,5,11,13,15H2. The van der Waals surface area contributed by atoms with Crippen molar-refractivity contribution in [1.29, 1.82) is 0 Å². The molecule has 2 aromatic heterocycles. The Hall–Kier alpha value is -3.61. The summed E-state index contributed by atoms with van der Waals surface area (Å²) in [5, 5.41) is 12.3. The van der Waals surface area contributed by atoms with Crippen LogP contribution in [0.1, 0.15) is 30.5 Å². The van der Waals surface area contributed by atoms with Gasteiger partial charge in [-0.2, -0.15) is 15.3 Å². The fraction of sp³-hybridized carbons (Fsp3) is 0.261. The number of allylic oxidation sites excluding steroid dienone is 2. The minimum absolute atomic E-state index is 0.0690. The third-order valence-electron chi connectivity index (χ3n) is 5.75. The maximum Gasteiger partial charge on any atom is 0.267 e. The number of aromatic nitrogens is 4. The smallest absolute Gasteiger partial charge is 0.267 e. The number of rotatable bonds is 4. The first kappa shape index (κ1) is 18.4. The summed E-state index contributed by atoms with van der Waals surface area (Å²) in [5.41, 5.74) is 5.71. The molecule has 0 saturated carbocycles. The zero-order chi connectivity index (χ0) is 20.5. The molecule has 0 unspecified atom stereocenters. The summed E-state index contributed by atoms with van der Waals surface area (Å²) in [7, 11) is 0. The second-order valence-corrected chi connectivity index (χ2v) is 7.57. The molecular formula is C23H21N5O2. The lowest BCUT2D eigenvalue weighted by Crippen LogP contribution is -2.36. The Balaban J connectivity index is 1.42. The molecule has 0 radical (unpaired) electrons. The van der Waals surface area contributed by atoms with E-state index in [0.29, 0.717) is 6.54 Å². The van der Waals surface area contributed by atoms with Gasteiger partial charge in [0.05, 0.1) is 18.1 Å². The maximum atomic E-state index is 13.1. The Morgan fingerprint density at radius 2 is 2.00 bits per heavy atom. The normalized spacial score (nSPS) is 15.2. The summed E-state index contributed by atoms with van der Waals surface area (Å²) in [5.74, 6) is -0.133. The van der Waals surface area contributed by atoms with E-state index in [4.69, 9.17) is 0 Å². The van der Waals surface area contributed by atoms with Crippen LogP contribution in [0.25, 0.3) is 16.7 Å². The largest absolute Gasteiger partial charge is 0.310 e. The quantitative estimate of drug-likeness (QED) is 0.674. The number of benzene rings is 1. The molecule has 7 heteroatoms. The van der Waals surface area contributed by atoms with Gasteiger partial charge in [-0.05, 0) is 60.6 Å². The van der Waals surface area contributed by atoms with Crippen molar-refractivity contribution in [2.45, 2.75) is 32.2 Å². The molecule has 0 atom stereocenters. The number of hydrogen-bond acceptors (Lipinski definition) is 5. The highest BCUT2D eigenvalue weighted by Gasteiger charge is 2.27. The van der Waals surface area contributed by atoms with Crippen LogP contribution in [0.2, 0.25) is 0 Å². The number of nitrogens with zero attached hydrogens (tertiary/aromatic N) is 5. The van der Waals surface area contributed by atoms with Crippen LogP contribution in [0, 0.1) is 0 Å². The van der Waals surface area contributed by atoms with Crippen molar-refractivity contribution in [2.75, 3.05) is 11.4 Å². The third kappa shape index (κ3) is 3.32. The summed E-state index contributed by atoms with van der Waals surface area (Å²) in [6.07, 6.45) is 9.42. The first-order valence-corrected chi connectivity index (χ1v) is 10.2. The number of carbonyl (C=O) groups excluding carboxylic acids is 1. The molecule has 1 aliphatic heterocycles. The zero-order valence-electron chi connectivity index (χ0n) is 16.5. The van der Waals surface area contributed by atoms with Crippen LogP contribution in [0.3, 0.4) is 0 Å². The second kappa shape index (κ2) is 7.67. The third-order valence-corrected chi connectivity index (χ3v) is 5.75. The van der Waals surface area contributed by atoms with E-state index in [1.165, 1.54) is 10.7 Å². The fourth-order valence-corrected chi connectivity index (χ4v) is 4.26. The highest BCUT2D eigenvalue weighted by molar-refractivity contribution is 5.96. The van der Waals surface area contributed by atoms with Gasteiger partial charge in [0.1, 0.15) is 6.54 Å². The summed E-state index contributed by atoms with van der Waals surface area (Å²) in [6, 6.07) is 11.1. The predicted molar refractivity (Wildman–Crippen MR) is 114 cm³/mol. The van der Waals surface area contributed by atoms with E-state index in [0.717, 1.165) is 59.3 Å². The summed E-state index contributed by atoms with van der Waals surface area (Å²) in [6.45, 7) is 0.518. The Kier molecular flexibility index (Phi) is 4.71. The highest BCUT2D eigenvalue weighted by Crippen LogP contribution is 2.36. The number of fused-ring (bicyclic) bond motifs is 1. The molecule has 7 nitrogen and oxygen atoms in total. The van der Waals surface area contributed by atoms with Crippen LogP contribution in [0.5, 0.6) is 0 Å². The van der Waals surface area contributed by atoms with Crippen LogP contribution >= 0.6 is 0 Å². The van der Waals surface area contributed by atoms with Gasteiger partial charge >= 0.3 is 0 Å². The molecule has 0 spiro atoms. The topological polar surface area (TPSA) is 81.0 Å². The number of anilines is 1. The lowest BCUT2D eigenvalue weighted by molar-refractivity contribution is -0.119. The molecule has 5 rings (SSSR count). The molecule has 0 saturated heterocycles. The molecule has 30 heavy (non-hydrogen) atoms. The van der Waals surface area contributed by atoms with Gasteiger partial charge in [-0.3, -0.25) is 9.59 Å². The van der Waals surface area contributed by atoms with Crippen molar-refractivity contribution >= 4 is 17.2 Å². The molecule has 3 heterocycles. The predicted octanol–water partition coefficient (Wildman–Crippen LogP) is 2.86. The van der Waals surface area contributed by atoms with Crippen LogP contribution in [0.15, 0.2) is 59.7 Å². The molecule has 2 aliphatic rings. The highest BCUT2D eigenvalue weighted by atomic mass is 16.2. The number of carbonyl (C=O) groups is 1. The Labute approximate surface area is 173 Å². The van der Waals surface area contributed by atoms with Crippen molar-refractivity contribution in [2.24, 2.45) is 0 Å².